The van der Waals surface area contributed by atoms with Gasteiger partial charge in [0.2, 0.25) is 5.91 Å². The van der Waals surface area contributed by atoms with Gasteiger partial charge in [-0.05, 0) is 13.0 Å². The van der Waals surface area contributed by atoms with Crippen molar-refractivity contribution in [3.8, 4) is 11.5 Å². The minimum absolute atomic E-state index is 0.163. The molecular formula is C19H21N3O2S. The fourth-order valence-corrected chi connectivity index (χ4v) is 4.13. The van der Waals surface area contributed by atoms with Gasteiger partial charge in [0.25, 0.3) is 0 Å². The Labute approximate surface area is 150 Å². The van der Waals surface area contributed by atoms with Crippen LogP contribution >= 0.6 is 11.3 Å². The average Bonchev–Trinajstić information content (AvgIpc) is 3.20. The lowest BCUT2D eigenvalue weighted by Gasteiger charge is -2.33. The highest BCUT2D eigenvalue weighted by Gasteiger charge is 2.20. The number of carbonyl (C=O) groups is 1. The Hall–Kier alpha value is -2.18. The minimum atomic E-state index is 0.163. The first-order valence-electron chi connectivity index (χ1n) is 8.52. The van der Waals surface area contributed by atoms with Crippen LogP contribution in [0.2, 0.25) is 0 Å². The zero-order chi connectivity index (χ0) is 17.4. The molecule has 130 valence electrons. The predicted molar refractivity (Wildman–Crippen MR) is 99.6 cm³/mol. The maximum absolute atomic E-state index is 11.4. The summed E-state index contributed by atoms with van der Waals surface area (Å²) in [4.78, 5) is 20.5. The van der Waals surface area contributed by atoms with E-state index in [1.54, 1.807) is 18.3 Å². The van der Waals surface area contributed by atoms with E-state index in [-0.39, 0.29) is 5.91 Å². The number of hydrogen-bond acceptors (Lipinski definition) is 5. The van der Waals surface area contributed by atoms with Gasteiger partial charge in [0.05, 0.1) is 6.54 Å². The van der Waals surface area contributed by atoms with Crippen molar-refractivity contribution in [3.63, 3.8) is 0 Å². The van der Waals surface area contributed by atoms with Crippen LogP contribution in [0.15, 0.2) is 34.1 Å². The highest BCUT2D eigenvalue weighted by Crippen LogP contribution is 2.33. The number of piperazine rings is 1. The van der Waals surface area contributed by atoms with Crippen LogP contribution in [0, 0.1) is 6.92 Å². The number of fused-ring (bicyclic) bond motifs is 1. The molecule has 25 heavy (non-hydrogen) atoms. The SMILES string of the molecule is CC(=O)N1CCN(Cc2nc(-c3oc4ccccc4c3C)cs2)CC1. The van der Waals surface area contributed by atoms with Crippen molar-refractivity contribution in [3.05, 3.63) is 40.2 Å². The van der Waals surface area contributed by atoms with Crippen molar-refractivity contribution in [1.82, 2.24) is 14.8 Å². The molecule has 1 saturated heterocycles. The van der Waals surface area contributed by atoms with E-state index in [1.165, 1.54) is 0 Å². The molecule has 0 bridgehead atoms. The molecular weight excluding hydrogens is 334 g/mol. The largest absolute Gasteiger partial charge is 0.454 e. The number of aryl methyl sites for hydroxylation is 1. The molecule has 3 aromatic rings. The zero-order valence-corrected chi connectivity index (χ0v) is 15.3. The van der Waals surface area contributed by atoms with E-state index in [4.69, 9.17) is 9.40 Å². The number of hydrogen-bond donors (Lipinski definition) is 0. The smallest absolute Gasteiger partial charge is 0.219 e. The summed E-state index contributed by atoms with van der Waals surface area (Å²) in [6.07, 6.45) is 0. The lowest BCUT2D eigenvalue weighted by Crippen LogP contribution is -2.47. The summed E-state index contributed by atoms with van der Waals surface area (Å²) in [5, 5.41) is 4.31. The van der Waals surface area contributed by atoms with Gasteiger partial charge in [-0.15, -0.1) is 11.3 Å². The lowest BCUT2D eigenvalue weighted by molar-refractivity contribution is -0.130. The first kappa shape index (κ1) is 16.3. The summed E-state index contributed by atoms with van der Waals surface area (Å²) >= 11 is 1.67. The van der Waals surface area contributed by atoms with Crippen LogP contribution in [0.25, 0.3) is 22.4 Å². The van der Waals surface area contributed by atoms with E-state index in [9.17, 15) is 4.79 Å². The molecule has 2 aromatic heterocycles. The molecule has 0 radical (unpaired) electrons. The van der Waals surface area contributed by atoms with Gasteiger partial charge in [-0.1, -0.05) is 18.2 Å². The van der Waals surface area contributed by atoms with Crippen molar-refractivity contribution < 1.29 is 9.21 Å². The maximum Gasteiger partial charge on any atom is 0.219 e. The Kier molecular flexibility index (Phi) is 4.31. The van der Waals surface area contributed by atoms with Gasteiger partial charge in [0.1, 0.15) is 16.3 Å². The fraction of sp³-hybridized carbons (Fsp3) is 0.368. The van der Waals surface area contributed by atoms with E-state index in [0.717, 1.165) is 65.7 Å². The van der Waals surface area contributed by atoms with E-state index < -0.39 is 0 Å². The molecule has 1 amide bonds. The summed E-state index contributed by atoms with van der Waals surface area (Å²) in [6.45, 7) is 7.96. The number of carbonyl (C=O) groups excluding carboxylic acids is 1. The Morgan fingerprint density at radius 1 is 1.24 bits per heavy atom. The first-order valence-corrected chi connectivity index (χ1v) is 9.40. The molecule has 1 aromatic carbocycles. The zero-order valence-electron chi connectivity index (χ0n) is 14.5. The predicted octanol–water partition coefficient (Wildman–Crippen LogP) is 3.53. The second kappa shape index (κ2) is 6.61. The number of furan rings is 1. The van der Waals surface area contributed by atoms with E-state index in [2.05, 4.69) is 23.3 Å². The summed E-state index contributed by atoms with van der Waals surface area (Å²) in [6, 6.07) is 8.09. The number of thiazole rings is 1. The number of amides is 1. The normalized spacial score (nSPS) is 15.8. The minimum Gasteiger partial charge on any atom is -0.454 e. The average molecular weight is 355 g/mol. The summed E-state index contributed by atoms with van der Waals surface area (Å²) in [7, 11) is 0. The molecule has 1 aliphatic heterocycles. The number of benzene rings is 1. The fourth-order valence-electron chi connectivity index (χ4n) is 3.32. The molecule has 3 heterocycles. The number of rotatable bonds is 3. The Morgan fingerprint density at radius 2 is 2.00 bits per heavy atom. The van der Waals surface area contributed by atoms with Crippen LogP contribution in [0.5, 0.6) is 0 Å². The third-order valence-electron chi connectivity index (χ3n) is 4.80. The highest BCUT2D eigenvalue weighted by molar-refractivity contribution is 7.09. The maximum atomic E-state index is 11.4. The highest BCUT2D eigenvalue weighted by atomic mass is 32.1. The molecule has 0 spiro atoms. The second-order valence-electron chi connectivity index (χ2n) is 6.46. The van der Waals surface area contributed by atoms with Crippen molar-refractivity contribution >= 4 is 28.2 Å². The van der Waals surface area contributed by atoms with E-state index in [0.29, 0.717) is 0 Å². The molecule has 5 nitrogen and oxygen atoms in total. The molecule has 0 aliphatic carbocycles. The Balaban J connectivity index is 1.49. The van der Waals surface area contributed by atoms with Gasteiger partial charge in [-0.25, -0.2) is 4.98 Å². The quantitative estimate of drug-likeness (QED) is 0.721. The van der Waals surface area contributed by atoms with Crippen LogP contribution in [0.1, 0.15) is 17.5 Å². The summed E-state index contributed by atoms with van der Waals surface area (Å²) in [5.74, 6) is 1.03. The molecule has 0 N–H and O–H groups in total. The van der Waals surface area contributed by atoms with Crippen molar-refractivity contribution in [1.29, 1.82) is 0 Å². The van der Waals surface area contributed by atoms with E-state index in [1.807, 2.05) is 23.1 Å². The van der Waals surface area contributed by atoms with Crippen LogP contribution in [0.4, 0.5) is 0 Å². The molecule has 6 heteroatoms. The lowest BCUT2D eigenvalue weighted by atomic mass is 10.1. The third kappa shape index (κ3) is 3.19. The summed E-state index contributed by atoms with van der Waals surface area (Å²) in [5.41, 5.74) is 2.96. The van der Waals surface area contributed by atoms with Crippen LogP contribution in [0.3, 0.4) is 0 Å². The van der Waals surface area contributed by atoms with Gasteiger partial charge < -0.3 is 9.32 Å². The standard InChI is InChI=1S/C19H21N3O2S/c1-13-15-5-3-4-6-17(15)24-19(13)16-12-25-18(20-16)11-21-7-9-22(10-8-21)14(2)23/h3-6,12H,7-11H2,1-2H3. The number of nitrogens with zero attached hydrogens (tertiary/aromatic N) is 3. The van der Waals surface area contributed by atoms with Crippen LogP contribution in [-0.4, -0.2) is 46.9 Å². The number of para-hydroxylation sites is 1. The molecule has 0 atom stereocenters. The van der Waals surface area contributed by atoms with Crippen molar-refractivity contribution in [2.75, 3.05) is 26.2 Å². The summed E-state index contributed by atoms with van der Waals surface area (Å²) < 4.78 is 6.02. The first-order chi connectivity index (χ1) is 12.1. The molecule has 0 unspecified atom stereocenters. The monoisotopic (exact) mass is 355 g/mol. The van der Waals surface area contributed by atoms with Gasteiger partial charge in [0.15, 0.2) is 5.76 Å². The van der Waals surface area contributed by atoms with Gasteiger partial charge in [0, 0.05) is 49.4 Å². The van der Waals surface area contributed by atoms with Crippen molar-refractivity contribution in [2.24, 2.45) is 0 Å². The van der Waals surface area contributed by atoms with Crippen LogP contribution in [-0.2, 0) is 11.3 Å². The number of aromatic nitrogens is 1. The van der Waals surface area contributed by atoms with Crippen molar-refractivity contribution in [2.45, 2.75) is 20.4 Å². The Morgan fingerprint density at radius 3 is 2.72 bits per heavy atom. The second-order valence-corrected chi connectivity index (χ2v) is 7.40. The topological polar surface area (TPSA) is 49.6 Å². The third-order valence-corrected chi connectivity index (χ3v) is 5.64. The van der Waals surface area contributed by atoms with Gasteiger partial charge in [-0.3, -0.25) is 9.69 Å². The Bertz CT molecular complexity index is 906. The molecule has 0 saturated carbocycles. The molecule has 4 rings (SSSR count). The molecule has 1 aliphatic rings. The van der Waals surface area contributed by atoms with E-state index >= 15 is 0 Å². The van der Waals surface area contributed by atoms with Gasteiger partial charge >= 0.3 is 0 Å². The molecule has 1 fully saturated rings. The van der Waals surface area contributed by atoms with Gasteiger partial charge in [-0.2, -0.15) is 0 Å². The van der Waals surface area contributed by atoms with Crippen LogP contribution < -0.4 is 0 Å².